The van der Waals surface area contributed by atoms with Crippen LogP contribution in [0.3, 0.4) is 0 Å². The van der Waals surface area contributed by atoms with Crippen LogP contribution in [0.1, 0.15) is 59.5 Å². The van der Waals surface area contributed by atoms with E-state index in [2.05, 4.69) is 38.9 Å². The molecule has 6 nitrogen and oxygen atoms in total. The van der Waals surface area contributed by atoms with E-state index in [9.17, 15) is 4.79 Å². The van der Waals surface area contributed by atoms with Crippen molar-refractivity contribution in [1.29, 1.82) is 0 Å². The van der Waals surface area contributed by atoms with Crippen molar-refractivity contribution in [2.24, 2.45) is 0 Å². The minimum absolute atomic E-state index is 0.0760. The summed E-state index contributed by atoms with van der Waals surface area (Å²) in [6.07, 6.45) is 5.10. The molecule has 2 aromatic rings. The lowest BCUT2D eigenvalue weighted by molar-refractivity contribution is 0.0932. The smallest absolute Gasteiger partial charge is 0.251 e. The SMILES string of the molecule is CCC[C@@H](NC(=O)c1ccc2c(c1)CCC2)c1nn[nH]n1. The standard InChI is InChI=1S/C15H19N5O/c1-2-4-13(14-17-19-20-18-14)16-15(21)12-8-7-10-5-3-6-11(10)9-12/h7-9,13H,2-6H2,1H3,(H,16,21)(H,17,18,19,20)/t13-/m1/s1. The van der Waals surface area contributed by atoms with Crippen molar-refractivity contribution in [3.8, 4) is 0 Å². The minimum Gasteiger partial charge on any atom is -0.342 e. The third-order valence-corrected chi connectivity index (χ3v) is 3.92. The maximum absolute atomic E-state index is 12.4. The van der Waals surface area contributed by atoms with Gasteiger partial charge in [-0.25, -0.2) is 0 Å². The van der Waals surface area contributed by atoms with Crippen molar-refractivity contribution in [1.82, 2.24) is 25.9 Å². The Morgan fingerprint density at radius 2 is 2.24 bits per heavy atom. The summed E-state index contributed by atoms with van der Waals surface area (Å²) >= 11 is 0. The Balaban J connectivity index is 1.75. The average molecular weight is 285 g/mol. The lowest BCUT2D eigenvalue weighted by Gasteiger charge is -2.15. The van der Waals surface area contributed by atoms with Gasteiger partial charge in [0.05, 0.1) is 6.04 Å². The molecule has 0 bridgehead atoms. The predicted molar refractivity (Wildman–Crippen MR) is 77.8 cm³/mol. The van der Waals surface area contributed by atoms with Crippen LogP contribution in [0, 0.1) is 0 Å². The maximum Gasteiger partial charge on any atom is 0.251 e. The number of benzene rings is 1. The Kier molecular flexibility index (Phi) is 3.94. The van der Waals surface area contributed by atoms with Gasteiger partial charge in [-0.15, -0.1) is 10.2 Å². The van der Waals surface area contributed by atoms with E-state index < -0.39 is 0 Å². The number of carbonyl (C=O) groups excluding carboxylic acids is 1. The van der Waals surface area contributed by atoms with E-state index in [-0.39, 0.29) is 11.9 Å². The topological polar surface area (TPSA) is 83.6 Å². The molecular formula is C15H19N5O. The summed E-state index contributed by atoms with van der Waals surface area (Å²) in [5.74, 6) is 0.458. The normalized spacial score (nSPS) is 14.7. The number of aromatic nitrogens is 4. The number of hydrogen-bond acceptors (Lipinski definition) is 4. The quantitative estimate of drug-likeness (QED) is 0.879. The van der Waals surface area contributed by atoms with Gasteiger partial charge in [0, 0.05) is 5.56 Å². The molecule has 0 saturated heterocycles. The van der Waals surface area contributed by atoms with E-state index in [1.807, 2.05) is 12.1 Å². The van der Waals surface area contributed by atoms with Gasteiger partial charge in [0.2, 0.25) is 0 Å². The number of fused-ring (bicyclic) bond motifs is 1. The minimum atomic E-state index is -0.200. The summed E-state index contributed by atoms with van der Waals surface area (Å²) in [6.45, 7) is 2.06. The molecule has 0 radical (unpaired) electrons. The second-order valence-corrected chi connectivity index (χ2v) is 5.42. The van der Waals surface area contributed by atoms with Crippen LogP contribution in [0.4, 0.5) is 0 Å². The highest BCUT2D eigenvalue weighted by atomic mass is 16.1. The van der Waals surface area contributed by atoms with E-state index in [0.29, 0.717) is 11.4 Å². The van der Waals surface area contributed by atoms with Gasteiger partial charge in [-0.05, 0) is 48.9 Å². The van der Waals surface area contributed by atoms with Crippen LogP contribution in [-0.4, -0.2) is 26.5 Å². The van der Waals surface area contributed by atoms with Crippen molar-refractivity contribution in [3.63, 3.8) is 0 Å². The summed E-state index contributed by atoms with van der Waals surface area (Å²) in [5.41, 5.74) is 3.38. The lowest BCUT2D eigenvalue weighted by Crippen LogP contribution is -2.29. The van der Waals surface area contributed by atoms with Crippen LogP contribution >= 0.6 is 0 Å². The molecule has 0 spiro atoms. The van der Waals surface area contributed by atoms with Gasteiger partial charge < -0.3 is 5.32 Å². The lowest BCUT2D eigenvalue weighted by atomic mass is 10.1. The largest absolute Gasteiger partial charge is 0.342 e. The molecule has 1 amide bonds. The van der Waals surface area contributed by atoms with E-state index >= 15 is 0 Å². The van der Waals surface area contributed by atoms with Crippen molar-refractivity contribution >= 4 is 5.91 Å². The zero-order valence-corrected chi connectivity index (χ0v) is 12.1. The molecule has 1 heterocycles. The summed E-state index contributed by atoms with van der Waals surface area (Å²) in [6, 6.07) is 5.78. The molecule has 1 aliphatic carbocycles. The van der Waals surface area contributed by atoms with Crippen molar-refractivity contribution in [2.75, 3.05) is 0 Å². The number of nitrogens with one attached hydrogen (secondary N) is 2. The molecule has 1 aromatic carbocycles. The van der Waals surface area contributed by atoms with Crippen LogP contribution in [0.25, 0.3) is 0 Å². The van der Waals surface area contributed by atoms with Gasteiger partial charge in [0.1, 0.15) is 0 Å². The molecule has 0 fully saturated rings. The highest BCUT2D eigenvalue weighted by molar-refractivity contribution is 5.94. The summed E-state index contributed by atoms with van der Waals surface area (Å²) < 4.78 is 0. The van der Waals surface area contributed by atoms with E-state index in [4.69, 9.17) is 0 Å². The van der Waals surface area contributed by atoms with E-state index in [0.717, 1.165) is 25.7 Å². The van der Waals surface area contributed by atoms with E-state index in [1.54, 1.807) is 0 Å². The molecular weight excluding hydrogens is 266 g/mol. The number of tetrazole rings is 1. The Morgan fingerprint density at radius 1 is 1.38 bits per heavy atom. The Bertz CT molecular complexity index is 623. The first kappa shape index (κ1) is 13.7. The van der Waals surface area contributed by atoms with Crippen LogP contribution in [0.15, 0.2) is 18.2 Å². The summed E-state index contributed by atoms with van der Waals surface area (Å²) in [4.78, 5) is 12.4. The van der Waals surface area contributed by atoms with Crippen LogP contribution in [-0.2, 0) is 12.8 Å². The third-order valence-electron chi connectivity index (χ3n) is 3.92. The average Bonchev–Trinajstić information content (AvgIpc) is 3.17. The first-order valence-electron chi connectivity index (χ1n) is 7.44. The molecule has 21 heavy (non-hydrogen) atoms. The van der Waals surface area contributed by atoms with Crippen LogP contribution < -0.4 is 5.32 Å². The Morgan fingerprint density at radius 3 is 3.00 bits per heavy atom. The summed E-state index contributed by atoms with van der Waals surface area (Å²) in [5, 5.41) is 17.0. The first-order chi connectivity index (χ1) is 10.3. The number of carbonyl (C=O) groups is 1. The van der Waals surface area contributed by atoms with Gasteiger partial charge in [-0.2, -0.15) is 5.21 Å². The molecule has 0 aliphatic heterocycles. The number of amides is 1. The molecule has 1 aliphatic rings. The molecule has 1 atom stereocenters. The predicted octanol–water partition coefficient (Wildman–Crippen LogP) is 1.96. The summed E-state index contributed by atoms with van der Waals surface area (Å²) in [7, 11) is 0. The van der Waals surface area contributed by atoms with Crippen molar-refractivity contribution < 1.29 is 4.79 Å². The molecule has 6 heteroatoms. The van der Waals surface area contributed by atoms with Crippen molar-refractivity contribution in [3.05, 3.63) is 40.7 Å². The van der Waals surface area contributed by atoms with Crippen LogP contribution in [0.2, 0.25) is 0 Å². The zero-order valence-electron chi connectivity index (χ0n) is 12.1. The fourth-order valence-electron chi connectivity index (χ4n) is 2.83. The Labute approximate surface area is 123 Å². The first-order valence-corrected chi connectivity index (χ1v) is 7.44. The highest BCUT2D eigenvalue weighted by Crippen LogP contribution is 2.23. The number of nitrogens with zero attached hydrogens (tertiary/aromatic N) is 3. The number of aryl methyl sites for hydroxylation is 2. The van der Waals surface area contributed by atoms with Crippen LogP contribution in [0.5, 0.6) is 0 Å². The van der Waals surface area contributed by atoms with Gasteiger partial charge in [-0.1, -0.05) is 24.6 Å². The second-order valence-electron chi connectivity index (χ2n) is 5.42. The zero-order chi connectivity index (χ0) is 14.7. The van der Waals surface area contributed by atoms with Gasteiger partial charge >= 0.3 is 0 Å². The molecule has 110 valence electrons. The molecule has 2 N–H and O–H groups in total. The number of rotatable bonds is 5. The van der Waals surface area contributed by atoms with Gasteiger partial charge in [0.15, 0.2) is 5.82 Å². The van der Waals surface area contributed by atoms with Gasteiger partial charge in [0.25, 0.3) is 5.91 Å². The van der Waals surface area contributed by atoms with Gasteiger partial charge in [-0.3, -0.25) is 4.79 Å². The monoisotopic (exact) mass is 285 g/mol. The molecule has 0 saturated carbocycles. The number of H-pyrrole nitrogens is 1. The Hall–Kier alpha value is -2.24. The highest BCUT2D eigenvalue weighted by Gasteiger charge is 2.20. The second kappa shape index (κ2) is 6.03. The fourth-order valence-corrected chi connectivity index (χ4v) is 2.83. The van der Waals surface area contributed by atoms with E-state index in [1.165, 1.54) is 17.5 Å². The maximum atomic E-state index is 12.4. The molecule has 3 rings (SSSR count). The number of aromatic amines is 1. The van der Waals surface area contributed by atoms with Crippen molar-refractivity contribution in [2.45, 2.75) is 45.1 Å². The fraction of sp³-hybridized carbons (Fsp3) is 0.467. The third kappa shape index (κ3) is 2.94. The molecule has 0 unspecified atom stereocenters. The number of hydrogen-bond donors (Lipinski definition) is 2. The molecule has 1 aromatic heterocycles.